The standard InChI is InChI=1S/C15H28N2O/c1-12(13-6-2-3-7-13)17-15(18)10-9-14-8-4-5-11-16-14/h12-14,16H,2-11H2,1H3,(H,17,18). The van der Waals surface area contributed by atoms with Crippen LogP contribution in [0.1, 0.15) is 64.7 Å². The zero-order chi connectivity index (χ0) is 12.8. The van der Waals surface area contributed by atoms with E-state index in [2.05, 4.69) is 17.6 Å². The Labute approximate surface area is 111 Å². The summed E-state index contributed by atoms with van der Waals surface area (Å²) in [7, 11) is 0. The Morgan fingerprint density at radius 1 is 1.22 bits per heavy atom. The Kier molecular flexibility index (Phi) is 5.48. The molecule has 18 heavy (non-hydrogen) atoms. The van der Waals surface area contributed by atoms with Gasteiger partial charge < -0.3 is 10.6 Å². The molecule has 2 unspecified atom stereocenters. The summed E-state index contributed by atoms with van der Waals surface area (Å²) in [6, 6.07) is 0.950. The Hall–Kier alpha value is -0.570. The van der Waals surface area contributed by atoms with Crippen molar-refractivity contribution in [2.24, 2.45) is 5.92 Å². The zero-order valence-corrected chi connectivity index (χ0v) is 11.7. The van der Waals surface area contributed by atoms with Gasteiger partial charge >= 0.3 is 0 Å². The van der Waals surface area contributed by atoms with Gasteiger partial charge in [-0.05, 0) is 51.5 Å². The summed E-state index contributed by atoms with van der Waals surface area (Å²) < 4.78 is 0. The second kappa shape index (κ2) is 7.13. The quantitative estimate of drug-likeness (QED) is 0.789. The van der Waals surface area contributed by atoms with Gasteiger partial charge in [0.1, 0.15) is 0 Å². The molecule has 3 heteroatoms. The van der Waals surface area contributed by atoms with Crippen molar-refractivity contribution in [2.45, 2.75) is 76.8 Å². The predicted octanol–water partition coefficient (Wildman–Crippen LogP) is 2.60. The van der Waals surface area contributed by atoms with E-state index in [-0.39, 0.29) is 5.91 Å². The van der Waals surface area contributed by atoms with Crippen LogP contribution in [0.25, 0.3) is 0 Å². The number of amides is 1. The number of carbonyl (C=O) groups is 1. The van der Waals surface area contributed by atoms with Crippen LogP contribution in [-0.2, 0) is 4.79 Å². The van der Waals surface area contributed by atoms with Crippen molar-refractivity contribution in [3.63, 3.8) is 0 Å². The molecule has 2 rings (SSSR count). The zero-order valence-electron chi connectivity index (χ0n) is 11.7. The Balaban J connectivity index is 1.61. The van der Waals surface area contributed by atoms with E-state index in [0.29, 0.717) is 18.5 Å². The van der Waals surface area contributed by atoms with E-state index < -0.39 is 0 Å². The summed E-state index contributed by atoms with van der Waals surface area (Å²) in [5.74, 6) is 0.975. The van der Waals surface area contributed by atoms with Crippen molar-refractivity contribution in [1.82, 2.24) is 10.6 Å². The van der Waals surface area contributed by atoms with Crippen LogP contribution in [-0.4, -0.2) is 24.5 Å². The van der Waals surface area contributed by atoms with E-state index in [1.165, 1.54) is 44.9 Å². The molecular weight excluding hydrogens is 224 g/mol. The minimum Gasteiger partial charge on any atom is -0.353 e. The van der Waals surface area contributed by atoms with E-state index >= 15 is 0 Å². The van der Waals surface area contributed by atoms with E-state index in [4.69, 9.17) is 0 Å². The average Bonchev–Trinajstić information content (AvgIpc) is 2.91. The number of nitrogens with one attached hydrogen (secondary N) is 2. The van der Waals surface area contributed by atoms with Crippen LogP contribution >= 0.6 is 0 Å². The van der Waals surface area contributed by atoms with Gasteiger partial charge in [0.25, 0.3) is 0 Å². The summed E-state index contributed by atoms with van der Waals surface area (Å²) in [6.45, 7) is 3.30. The summed E-state index contributed by atoms with van der Waals surface area (Å²) in [5.41, 5.74) is 0. The first-order chi connectivity index (χ1) is 8.75. The van der Waals surface area contributed by atoms with Gasteiger partial charge in [0.2, 0.25) is 5.91 Å². The first-order valence-electron chi connectivity index (χ1n) is 7.78. The molecule has 1 heterocycles. The lowest BCUT2D eigenvalue weighted by Crippen LogP contribution is -2.39. The molecule has 1 saturated carbocycles. The third-order valence-corrected chi connectivity index (χ3v) is 4.63. The van der Waals surface area contributed by atoms with Crippen LogP contribution in [0.3, 0.4) is 0 Å². The second-order valence-electron chi connectivity index (χ2n) is 6.09. The maximum atomic E-state index is 11.9. The van der Waals surface area contributed by atoms with Crippen molar-refractivity contribution >= 4 is 5.91 Å². The van der Waals surface area contributed by atoms with E-state index in [0.717, 1.165) is 18.9 Å². The highest BCUT2D eigenvalue weighted by molar-refractivity contribution is 5.76. The Morgan fingerprint density at radius 2 is 1.94 bits per heavy atom. The van der Waals surface area contributed by atoms with Gasteiger partial charge in [0.15, 0.2) is 0 Å². The number of rotatable bonds is 5. The van der Waals surface area contributed by atoms with E-state index in [1.54, 1.807) is 0 Å². The normalized spacial score (nSPS) is 27.1. The van der Waals surface area contributed by atoms with Crippen molar-refractivity contribution in [3.05, 3.63) is 0 Å². The number of carbonyl (C=O) groups excluding carboxylic acids is 1. The molecule has 0 aromatic heterocycles. The predicted molar refractivity (Wildman–Crippen MR) is 74.4 cm³/mol. The van der Waals surface area contributed by atoms with Gasteiger partial charge in [0.05, 0.1) is 0 Å². The average molecular weight is 252 g/mol. The first kappa shape index (κ1) is 13.9. The highest BCUT2D eigenvalue weighted by Crippen LogP contribution is 2.27. The van der Waals surface area contributed by atoms with Gasteiger partial charge in [-0.1, -0.05) is 19.3 Å². The summed E-state index contributed by atoms with van der Waals surface area (Å²) in [6.07, 6.45) is 10.8. The first-order valence-corrected chi connectivity index (χ1v) is 7.78. The smallest absolute Gasteiger partial charge is 0.220 e. The van der Waals surface area contributed by atoms with E-state index in [1.807, 2.05) is 0 Å². The van der Waals surface area contributed by atoms with Gasteiger partial charge in [-0.15, -0.1) is 0 Å². The molecule has 104 valence electrons. The van der Waals surface area contributed by atoms with Crippen molar-refractivity contribution in [1.29, 1.82) is 0 Å². The van der Waals surface area contributed by atoms with Gasteiger partial charge in [-0.25, -0.2) is 0 Å². The third kappa shape index (κ3) is 4.27. The lowest BCUT2D eigenvalue weighted by Gasteiger charge is -2.24. The Morgan fingerprint density at radius 3 is 2.61 bits per heavy atom. The van der Waals surface area contributed by atoms with Crippen LogP contribution in [0, 0.1) is 5.92 Å². The molecule has 3 nitrogen and oxygen atoms in total. The molecule has 0 aromatic rings. The van der Waals surface area contributed by atoms with Crippen LogP contribution in [0.5, 0.6) is 0 Å². The lowest BCUT2D eigenvalue weighted by molar-refractivity contribution is -0.122. The third-order valence-electron chi connectivity index (χ3n) is 4.63. The summed E-state index contributed by atoms with van der Waals surface area (Å²) in [5, 5.41) is 6.70. The molecule has 1 saturated heterocycles. The molecule has 0 radical (unpaired) electrons. The van der Waals surface area contributed by atoms with Crippen LogP contribution in [0.4, 0.5) is 0 Å². The number of piperidine rings is 1. The molecule has 2 fully saturated rings. The fourth-order valence-corrected chi connectivity index (χ4v) is 3.38. The van der Waals surface area contributed by atoms with Crippen LogP contribution in [0.2, 0.25) is 0 Å². The summed E-state index contributed by atoms with van der Waals surface area (Å²) in [4.78, 5) is 11.9. The summed E-state index contributed by atoms with van der Waals surface area (Å²) >= 11 is 0. The fraction of sp³-hybridized carbons (Fsp3) is 0.933. The van der Waals surface area contributed by atoms with E-state index in [9.17, 15) is 4.79 Å². The maximum absolute atomic E-state index is 11.9. The topological polar surface area (TPSA) is 41.1 Å². The molecule has 1 aliphatic carbocycles. The molecule has 2 atom stereocenters. The largest absolute Gasteiger partial charge is 0.353 e. The molecule has 1 aliphatic heterocycles. The highest BCUT2D eigenvalue weighted by atomic mass is 16.1. The fourth-order valence-electron chi connectivity index (χ4n) is 3.38. The van der Waals surface area contributed by atoms with Gasteiger partial charge in [-0.2, -0.15) is 0 Å². The minimum absolute atomic E-state index is 0.252. The SMILES string of the molecule is CC(NC(=O)CCC1CCCCN1)C1CCCC1. The van der Waals surface area contributed by atoms with Crippen LogP contribution in [0.15, 0.2) is 0 Å². The monoisotopic (exact) mass is 252 g/mol. The minimum atomic E-state index is 0.252. The highest BCUT2D eigenvalue weighted by Gasteiger charge is 2.23. The number of hydrogen-bond donors (Lipinski definition) is 2. The van der Waals surface area contributed by atoms with Crippen LogP contribution < -0.4 is 10.6 Å². The molecular formula is C15H28N2O. The van der Waals surface area contributed by atoms with Gasteiger partial charge in [-0.3, -0.25) is 4.79 Å². The molecule has 1 amide bonds. The molecule has 2 N–H and O–H groups in total. The molecule has 0 aromatic carbocycles. The molecule has 2 aliphatic rings. The number of hydrogen-bond acceptors (Lipinski definition) is 2. The maximum Gasteiger partial charge on any atom is 0.220 e. The van der Waals surface area contributed by atoms with Crippen molar-refractivity contribution in [2.75, 3.05) is 6.54 Å². The Bertz CT molecular complexity index is 255. The van der Waals surface area contributed by atoms with Crippen molar-refractivity contribution < 1.29 is 4.79 Å². The lowest BCUT2D eigenvalue weighted by atomic mass is 9.98. The molecule has 0 bridgehead atoms. The molecule has 0 spiro atoms. The van der Waals surface area contributed by atoms with Crippen molar-refractivity contribution in [3.8, 4) is 0 Å². The second-order valence-corrected chi connectivity index (χ2v) is 6.09. The van der Waals surface area contributed by atoms with Gasteiger partial charge in [0, 0.05) is 18.5 Å².